The predicted molar refractivity (Wildman–Crippen MR) is 52.4 cm³/mol. The molecule has 2 atom stereocenters. The van der Waals surface area contributed by atoms with E-state index in [-0.39, 0.29) is 6.67 Å². The Morgan fingerprint density at radius 1 is 1.54 bits per heavy atom. The highest BCUT2D eigenvalue weighted by atomic mass is 19.1. The van der Waals surface area contributed by atoms with Crippen LogP contribution in [0.4, 0.5) is 4.39 Å². The molecule has 0 amide bonds. The van der Waals surface area contributed by atoms with Crippen LogP contribution < -0.4 is 0 Å². The second-order valence-electron chi connectivity index (χ2n) is 5.03. The smallest absolute Gasteiger partial charge is 0.102 e. The first-order valence-corrected chi connectivity index (χ1v) is 5.47. The second-order valence-corrected chi connectivity index (χ2v) is 5.03. The number of hydrogen-bond acceptors (Lipinski definition) is 1. The van der Waals surface area contributed by atoms with Gasteiger partial charge in [0, 0.05) is 13.1 Å². The molecule has 0 aromatic rings. The molecule has 13 heavy (non-hydrogen) atoms. The molecular weight excluding hydrogens is 165 g/mol. The number of hydrogen-bond donors (Lipinski definition) is 0. The number of fused-ring (bicyclic) bond motifs is 1. The third kappa shape index (κ3) is 1.50. The Morgan fingerprint density at radius 3 is 2.85 bits per heavy atom. The standard InChI is InChI=1S/C11H20FN/c1-9(2)11-3-5-13(6-4-12)8-10(11)7-11/h9-10H,3-8H2,1-2H3. The van der Waals surface area contributed by atoms with E-state index in [1.807, 2.05) is 0 Å². The molecular formula is C11H20FN. The fraction of sp³-hybridized carbons (Fsp3) is 1.00. The monoisotopic (exact) mass is 185 g/mol. The zero-order valence-corrected chi connectivity index (χ0v) is 8.72. The summed E-state index contributed by atoms with van der Waals surface area (Å²) in [6, 6.07) is 0. The lowest BCUT2D eigenvalue weighted by Crippen LogP contribution is -2.37. The van der Waals surface area contributed by atoms with Crippen LogP contribution in [0, 0.1) is 17.3 Å². The van der Waals surface area contributed by atoms with Crippen molar-refractivity contribution in [2.75, 3.05) is 26.3 Å². The summed E-state index contributed by atoms with van der Waals surface area (Å²) in [6.07, 6.45) is 2.70. The van der Waals surface area contributed by atoms with E-state index in [1.165, 1.54) is 12.8 Å². The molecule has 0 spiro atoms. The van der Waals surface area contributed by atoms with E-state index in [0.29, 0.717) is 12.0 Å². The predicted octanol–water partition coefficient (Wildman–Crippen LogP) is 2.32. The van der Waals surface area contributed by atoms with Gasteiger partial charge < -0.3 is 4.90 Å². The first kappa shape index (κ1) is 9.45. The van der Waals surface area contributed by atoms with Gasteiger partial charge in [-0.25, -0.2) is 4.39 Å². The SMILES string of the molecule is CC(C)C12CCN(CCF)CC1C2. The minimum Gasteiger partial charge on any atom is -0.300 e. The van der Waals surface area contributed by atoms with Gasteiger partial charge in [0.05, 0.1) is 0 Å². The maximum atomic E-state index is 12.1. The number of likely N-dealkylation sites (tertiary alicyclic amines) is 1. The third-order valence-electron chi connectivity index (χ3n) is 4.20. The quantitative estimate of drug-likeness (QED) is 0.652. The normalized spacial score (nSPS) is 39.2. The summed E-state index contributed by atoms with van der Waals surface area (Å²) < 4.78 is 12.1. The Hall–Kier alpha value is -0.110. The Morgan fingerprint density at radius 2 is 2.31 bits per heavy atom. The van der Waals surface area contributed by atoms with Gasteiger partial charge in [-0.1, -0.05) is 13.8 Å². The average molecular weight is 185 g/mol. The van der Waals surface area contributed by atoms with Crippen LogP contribution in [0.3, 0.4) is 0 Å². The van der Waals surface area contributed by atoms with Crippen molar-refractivity contribution in [2.45, 2.75) is 26.7 Å². The fourth-order valence-corrected chi connectivity index (χ4v) is 3.04. The van der Waals surface area contributed by atoms with Crippen molar-refractivity contribution >= 4 is 0 Å². The van der Waals surface area contributed by atoms with Crippen LogP contribution >= 0.6 is 0 Å². The first-order chi connectivity index (χ1) is 6.19. The molecule has 1 saturated carbocycles. The van der Waals surface area contributed by atoms with E-state index in [9.17, 15) is 4.39 Å². The topological polar surface area (TPSA) is 3.24 Å². The maximum Gasteiger partial charge on any atom is 0.102 e. The Kier molecular flexibility index (Phi) is 2.35. The van der Waals surface area contributed by atoms with Crippen LogP contribution in [0.5, 0.6) is 0 Å². The Balaban J connectivity index is 1.88. The highest BCUT2D eigenvalue weighted by Gasteiger charge is 2.57. The van der Waals surface area contributed by atoms with E-state index in [1.54, 1.807) is 0 Å². The lowest BCUT2D eigenvalue weighted by atomic mass is 9.84. The third-order valence-corrected chi connectivity index (χ3v) is 4.20. The van der Waals surface area contributed by atoms with Gasteiger partial charge in [0.2, 0.25) is 0 Å². The minimum absolute atomic E-state index is 0.179. The molecule has 0 aromatic carbocycles. The number of alkyl halides is 1. The van der Waals surface area contributed by atoms with E-state index in [4.69, 9.17) is 0 Å². The highest BCUT2D eigenvalue weighted by Crippen LogP contribution is 2.62. The largest absolute Gasteiger partial charge is 0.300 e. The average Bonchev–Trinajstić information content (AvgIpc) is 2.79. The van der Waals surface area contributed by atoms with Gasteiger partial charge in [-0.3, -0.25) is 0 Å². The van der Waals surface area contributed by atoms with Crippen LogP contribution in [-0.2, 0) is 0 Å². The molecule has 2 heteroatoms. The van der Waals surface area contributed by atoms with Gasteiger partial charge >= 0.3 is 0 Å². The minimum atomic E-state index is -0.179. The van der Waals surface area contributed by atoms with Crippen LogP contribution in [0.1, 0.15) is 26.7 Å². The molecule has 1 aliphatic carbocycles. The van der Waals surface area contributed by atoms with Crippen molar-refractivity contribution < 1.29 is 4.39 Å². The maximum absolute atomic E-state index is 12.1. The molecule has 2 rings (SSSR count). The van der Waals surface area contributed by atoms with Crippen molar-refractivity contribution in [3.05, 3.63) is 0 Å². The van der Waals surface area contributed by atoms with Crippen molar-refractivity contribution in [1.82, 2.24) is 4.90 Å². The van der Waals surface area contributed by atoms with Crippen molar-refractivity contribution in [3.8, 4) is 0 Å². The number of nitrogens with zero attached hydrogens (tertiary/aromatic N) is 1. The first-order valence-electron chi connectivity index (χ1n) is 5.47. The molecule has 0 radical (unpaired) electrons. The summed E-state index contributed by atoms with van der Waals surface area (Å²) in [5.41, 5.74) is 0.660. The van der Waals surface area contributed by atoms with Crippen molar-refractivity contribution in [1.29, 1.82) is 0 Å². The Bertz CT molecular complexity index is 193. The zero-order valence-electron chi connectivity index (χ0n) is 8.72. The van der Waals surface area contributed by atoms with E-state index < -0.39 is 0 Å². The summed E-state index contributed by atoms with van der Waals surface area (Å²) in [6.45, 7) is 7.43. The van der Waals surface area contributed by atoms with Gasteiger partial charge in [-0.2, -0.15) is 0 Å². The molecule has 0 aromatic heterocycles. The summed E-state index contributed by atoms with van der Waals surface area (Å²) in [5, 5.41) is 0. The molecule has 0 bridgehead atoms. The summed E-state index contributed by atoms with van der Waals surface area (Å²) >= 11 is 0. The zero-order chi connectivity index (χ0) is 9.47. The summed E-state index contributed by atoms with van der Waals surface area (Å²) in [7, 11) is 0. The summed E-state index contributed by atoms with van der Waals surface area (Å²) in [5.74, 6) is 1.71. The lowest BCUT2D eigenvalue weighted by Gasteiger charge is -2.33. The van der Waals surface area contributed by atoms with Crippen LogP contribution in [-0.4, -0.2) is 31.2 Å². The van der Waals surface area contributed by atoms with Gasteiger partial charge in [-0.15, -0.1) is 0 Å². The molecule has 1 heterocycles. The molecule has 2 fully saturated rings. The molecule has 1 saturated heterocycles. The van der Waals surface area contributed by atoms with Gasteiger partial charge in [-0.05, 0) is 36.6 Å². The van der Waals surface area contributed by atoms with Gasteiger partial charge in [0.1, 0.15) is 6.67 Å². The van der Waals surface area contributed by atoms with Crippen LogP contribution in [0.25, 0.3) is 0 Å². The van der Waals surface area contributed by atoms with Crippen molar-refractivity contribution in [2.24, 2.45) is 17.3 Å². The Labute approximate surface area is 80.3 Å². The van der Waals surface area contributed by atoms with E-state index in [2.05, 4.69) is 18.7 Å². The van der Waals surface area contributed by atoms with Gasteiger partial charge in [0.15, 0.2) is 0 Å². The molecule has 1 aliphatic heterocycles. The van der Waals surface area contributed by atoms with Crippen LogP contribution in [0.15, 0.2) is 0 Å². The number of piperidine rings is 1. The van der Waals surface area contributed by atoms with E-state index >= 15 is 0 Å². The highest BCUT2D eigenvalue weighted by molar-refractivity contribution is 5.07. The number of halogens is 1. The number of rotatable bonds is 3. The lowest BCUT2D eigenvalue weighted by molar-refractivity contribution is 0.140. The van der Waals surface area contributed by atoms with Crippen molar-refractivity contribution in [3.63, 3.8) is 0 Å². The molecule has 2 aliphatic rings. The second kappa shape index (κ2) is 3.23. The van der Waals surface area contributed by atoms with Crippen LogP contribution in [0.2, 0.25) is 0 Å². The fourth-order valence-electron chi connectivity index (χ4n) is 3.04. The molecule has 1 nitrogen and oxygen atoms in total. The summed E-state index contributed by atoms with van der Waals surface area (Å²) in [4.78, 5) is 2.29. The molecule has 0 N–H and O–H groups in total. The van der Waals surface area contributed by atoms with E-state index in [0.717, 1.165) is 24.9 Å². The molecule has 76 valence electrons. The molecule has 2 unspecified atom stereocenters. The van der Waals surface area contributed by atoms with Gasteiger partial charge in [0.25, 0.3) is 0 Å².